The number of piperazine rings is 1. The lowest BCUT2D eigenvalue weighted by Gasteiger charge is -2.46. The van der Waals surface area contributed by atoms with Crippen LogP contribution >= 0.6 is 0 Å². The van der Waals surface area contributed by atoms with E-state index in [0.717, 1.165) is 0 Å². The molecule has 0 aromatic rings. The van der Waals surface area contributed by atoms with Crippen LogP contribution in [0.25, 0.3) is 0 Å². The number of ketones is 1. The molecule has 138 valence electrons. The predicted molar refractivity (Wildman–Crippen MR) is 89.7 cm³/mol. The van der Waals surface area contributed by atoms with E-state index in [1.165, 1.54) is 7.11 Å². The number of Topliss-reactive ketones (excluding diaryl/α,β-unsaturated/α-hetero) is 1. The van der Waals surface area contributed by atoms with E-state index < -0.39 is 17.6 Å². The molecule has 1 aliphatic rings. The Hall–Kier alpha value is -1.63. The van der Waals surface area contributed by atoms with Gasteiger partial charge in [-0.1, -0.05) is 6.92 Å². The van der Waals surface area contributed by atoms with E-state index in [2.05, 4.69) is 0 Å². The highest BCUT2D eigenvalue weighted by Gasteiger charge is 2.42. The van der Waals surface area contributed by atoms with Crippen LogP contribution in [0.4, 0.5) is 4.79 Å². The number of methoxy groups -OCH3 is 1. The third-order valence-electron chi connectivity index (χ3n) is 4.35. The van der Waals surface area contributed by atoms with Crippen molar-refractivity contribution in [3.8, 4) is 0 Å². The molecule has 24 heavy (non-hydrogen) atoms. The first-order chi connectivity index (χ1) is 11.0. The first-order valence-electron chi connectivity index (χ1n) is 8.39. The van der Waals surface area contributed by atoms with Crippen molar-refractivity contribution >= 4 is 17.8 Å². The molecular formula is C17H30N2O5. The highest BCUT2D eigenvalue weighted by Crippen LogP contribution is 2.23. The Kier molecular flexibility index (Phi) is 6.77. The molecule has 7 heteroatoms. The second kappa shape index (κ2) is 7.96. The van der Waals surface area contributed by atoms with Crippen molar-refractivity contribution < 1.29 is 23.9 Å². The topological polar surface area (TPSA) is 76.2 Å². The van der Waals surface area contributed by atoms with E-state index in [4.69, 9.17) is 9.47 Å². The molecule has 0 spiro atoms. The smallest absolute Gasteiger partial charge is 0.410 e. The van der Waals surface area contributed by atoms with Gasteiger partial charge in [0.2, 0.25) is 0 Å². The Balaban J connectivity index is 2.93. The van der Waals surface area contributed by atoms with Gasteiger partial charge in [-0.3, -0.25) is 9.69 Å². The lowest BCUT2D eigenvalue weighted by Crippen LogP contribution is -2.64. The zero-order valence-electron chi connectivity index (χ0n) is 15.8. The minimum atomic E-state index is -0.918. The van der Waals surface area contributed by atoms with Crippen LogP contribution in [0, 0.1) is 0 Å². The van der Waals surface area contributed by atoms with Gasteiger partial charge in [-0.2, -0.15) is 0 Å². The molecule has 1 rings (SSSR count). The summed E-state index contributed by atoms with van der Waals surface area (Å²) in [7, 11) is 1.28. The van der Waals surface area contributed by atoms with Gasteiger partial charge in [-0.25, -0.2) is 9.59 Å². The van der Waals surface area contributed by atoms with E-state index in [0.29, 0.717) is 13.1 Å². The fraction of sp³-hybridized carbons (Fsp3) is 0.824. The zero-order valence-corrected chi connectivity index (χ0v) is 15.8. The zero-order chi connectivity index (χ0) is 18.7. The normalized spacial score (nSPS) is 23.5. The molecule has 0 aromatic heterocycles. The van der Waals surface area contributed by atoms with E-state index >= 15 is 0 Å². The maximum absolute atomic E-state index is 12.4. The molecule has 0 aliphatic carbocycles. The van der Waals surface area contributed by atoms with Gasteiger partial charge in [-0.15, -0.1) is 0 Å². The monoisotopic (exact) mass is 342 g/mol. The number of esters is 1. The summed E-state index contributed by atoms with van der Waals surface area (Å²) in [6.45, 7) is 11.8. The fourth-order valence-corrected chi connectivity index (χ4v) is 2.87. The highest BCUT2D eigenvalue weighted by molar-refractivity contribution is 6.03. The minimum absolute atomic E-state index is 0.174. The van der Waals surface area contributed by atoms with Crippen molar-refractivity contribution in [1.82, 2.24) is 9.80 Å². The third-order valence-corrected chi connectivity index (χ3v) is 4.35. The fourth-order valence-electron chi connectivity index (χ4n) is 2.87. The number of amides is 1. The number of carbonyl (C=O) groups is 3. The van der Waals surface area contributed by atoms with E-state index in [1.54, 1.807) is 11.8 Å². The van der Waals surface area contributed by atoms with Crippen LogP contribution in [0.3, 0.4) is 0 Å². The molecule has 1 saturated heterocycles. The Morgan fingerprint density at radius 2 is 1.71 bits per heavy atom. The molecule has 1 heterocycles. The Morgan fingerprint density at radius 3 is 2.17 bits per heavy atom. The standard InChI is InChI=1S/C17H30N2O5/c1-8-13(20)14(15(21)23-7)18-9-10-19(12(3)11(18)2)16(22)24-17(4,5)6/h11-12,14H,8-10H2,1-7H3. The van der Waals surface area contributed by atoms with Gasteiger partial charge in [0.1, 0.15) is 5.60 Å². The van der Waals surface area contributed by atoms with Crippen molar-refractivity contribution in [1.29, 1.82) is 0 Å². The molecule has 1 fully saturated rings. The molecule has 3 atom stereocenters. The van der Waals surface area contributed by atoms with Crippen LogP contribution in [0.2, 0.25) is 0 Å². The van der Waals surface area contributed by atoms with Crippen LogP contribution < -0.4 is 0 Å². The van der Waals surface area contributed by atoms with Crippen LogP contribution in [0.15, 0.2) is 0 Å². The molecule has 7 nitrogen and oxygen atoms in total. The minimum Gasteiger partial charge on any atom is -0.468 e. The number of hydrogen-bond donors (Lipinski definition) is 0. The van der Waals surface area contributed by atoms with Crippen molar-refractivity contribution in [2.45, 2.75) is 71.7 Å². The van der Waals surface area contributed by atoms with E-state index in [9.17, 15) is 14.4 Å². The van der Waals surface area contributed by atoms with Gasteiger partial charge in [0.25, 0.3) is 0 Å². The predicted octanol–water partition coefficient (Wildman–Crippen LogP) is 1.84. The molecular weight excluding hydrogens is 312 g/mol. The number of nitrogens with zero attached hydrogens (tertiary/aromatic N) is 2. The number of hydrogen-bond acceptors (Lipinski definition) is 6. The van der Waals surface area contributed by atoms with Gasteiger partial charge in [0.15, 0.2) is 11.8 Å². The number of ether oxygens (including phenoxy) is 2. The van der Waals surface area contributed by atoms with Gasteiger partial charge >= 0.3 is 12.1 Å². The maximum Gasteiger partial charge on any atom is 0.410 e. The highest BCUT2D eigenvalue weighted by atomic mass is 16.6. The van der Waals surface area contributed by atoms with Gasteiger partial charge < -0.3 is 14.4 Å². The van der Waals surface area contributed by atoms with Crippen molar-refractivity contribution in [2.24, 2.45) is 0 Å². The average molecular weight is 342 g/mol. The van der Waals surface area contributed by atoms with Crippen molar-refractivity contribution in [3.63, 3.8) is 0 Å². The molecule has 0 bridgehead atoms. The van der Waals surface area contributed by atoms with Crippen molar-refractivity contribution in [2.75, 3.05) is 20.2 Å². The van der Waals surface area contributed by atoms with Crippen LogP contribution in [0.1, 0.15) is 48.0 Å². The second-order valence-corrected chi connectivity index (χ2v) is 7.14. The first kappa shape index (κ1) is 20.4. The second-order valence-electron chi connectivity index (χ2n) is 7.14. The van der Waals surface area contributed by atoms with Crippen LogP contribution in [0.5, 0.6) is 0 Å². The van der Waals surface area contributed by atoms with Gasteiger partial charge in [0.05, 0.1) is 7.11 Å². The summed E-state index contributed by atoms with van der Waals surface area (Å²) in [6.07, 6.45) is -0.120. The summed E-state index contributed by atoms with van der Waals surface area (Å²) < 4.78 is 10.2. The Bertz CT molecular complexity index is 470. The maximum atomic E-state index is 12.4. The van der Waals surface area contributed by atoms with Crippen molar-refractivity contribution in [3.05, 3.63) is 0 Å². The molecule has 0 N–H and O–H groups in total. The average Bonchev–Trinajstić information content (AvgIpc) is 2.49. The van der Waals surface area contributed by atoms with Crippen LogP contribution in [-0.2, 0) is 19.1 Å². The Morgan fingerprint density at radius 1 is 1.12 bits per heavy atom. The summed E-state index contributed by atoms with van der Waals surface area (Å²) >= 11 is 0. The number of carbonyl (C=O) groups excluding carboxylic acids is 3. The number of rotatable bonds is 4. The molecule has 0 radical (unpaired) electrons. The molecule has 1 aliphatic heterocycles. The summed E-state index contributed by atoms with van der Waals surface area (Å²) in [5.74, 6) is -0.724. The van der Waals surface area contributed by atoms with Gasteiger partial charge in [-0.05, 0) is 34.6 Å². The molecule has 0 aromatic carbocycles. The summed E-state index contributed by atoms with van der Waals surface area (Å²) in [5.41, 5.74) is -0.566. The van der Waals surface area contributed by atoms with Crippen LogP contribution in [-0.4, -0.2) is 71.6 Å². The quantitative estimate of drug-likeness (QED) is 0.573. The first-order valence-corrected chi connectivity index (χ1v) is 8.39. The molecule has 1 amide bonds. The summed E-state index contributed by atoms with van der Waals surface area (Å²) in [6, 6.07) is -1.28. The summed E-state index contributed by atoms with van der Waals surface area (Å²) in [4.78, 5) is 40.1. The van der Waals surface area contributed by atoms with E-state index in [-0.39, 0.29) is 30.4 Å². The lowest BCUT2D eigenvalue weighted by atomic mass is 9.99. The SMILES string of the molecule is CCC(=O)C(C(=O)OC)N1CCN(C(=O)OC(C)(C)C)C(C)C1C. The third kappa shape index (κ3) is 4.69. The Labute approximate surface area is 144 Å². The lowest BCUT2D eigenvalue weighted by molar-refractivity contribution is -0.154. The largest absolute Gasteiger partial charge is 0.468 e. The van der Waals surface area contributed by atoms with Gasteiger partial charge in [0, 0.05) is 31.6 Å². The molecule has 3 unspecified atom stereocenters. The van der Waals surface area contributed by atoms with E-state index in [1.807, 2.05) is 39.5 Å². The summed E-state index contributed by atoms with van der Waals surface area (Å²) in [5, 5.41) is 0. The molecule has 0 saturated carbocycles.